The predicted molar refractivity (Wildman–Crippen MR) is 88.8 cm³/mol. The van der Waals surface area contributed by atoms with Gasteiger partial charge in [-0.1, -0.05) is 39.7 Å². The highest BCUT2D eigenvalue weighted by atomic mass is 79.9. The molecule has 0 amide bonds. The van der Waals surface area contributed by atoms with Crippen molar-refractivity contribution in [2.45, 2.75) is 33.2 Å². The van der Waals surface area contributed by atoms with E-state index in [1.165, 1.54) is 11.3 Å². The second-order valence-electron chi connectivity index (χ2n) is 5.15. The Morgan fingerprint density at radius 3 is 2.55 bits per heavy atom. The Morgan fingerprint density at radius 2 is 1.95 bits per heavy atom. The molecule has 1 heterocycles. The molecule has 2 nitrogen and oxygen atoms in total. The molecule has 0 bridgehead atoms. The molecule has 0 N–H and O–H groups in total. The number of nitrogens with zero attached hydrogens (tertiary/aromatic N) is 2. The van der Waals surface area contributed by atoms with Crippen molar-refractivity contribution in [3.8, 4) is 0 Å². The molecule has 0 aliphatic heterocycles. The monoisotopic (exact) mass is 354 g/mol. The summed E-state index contributed by atoms with van der Waals surface area (Å²) in [4.78, 5) is 0. The molecule has 2 aromatic rings. The molecule has 1 atom stereocenters. The first-order valence-corrected chi connectivity index (χ1v) is 8.46. The van der Waals surface area contributed by atoms with Crippen LogP contribution in [0.1, 0.15) is 23.9 Å². The zero-order chi connectivity index (χ0) is 14.5. The fourth-order valence-electron chi connectivity index (χ4n) is 2.47. The van der Waals surface area contributed by atoms with Crippen LogP contribution in [-0.2, 0) is 19.4 Å². The number of hydrogen-bond acceptors (Lipinski definition) is 1. The molecule has 0 saturated carbocycles. The van der Waals surface area contributed by atoms with Crippen LogP contribution in [0.4, 0.5) is 0 Å². The number of benzene rings is 1. The molecule has 0 aliphatic carbocycles. The highest BCUT2D eigenvalue weighted by Crippen LogP contribution is 2.19. The summed E-state index contributed by atoms with van der Waals surface area (Å²) in [5.41, 5.74) is 3.75. The molecule has 1 unspecified atom stereocenters. The van der Waals surface area contributed by atoms with Gasteiger partial charge in [0.25, 0.3) is 0 Å². The summed E-state index contributed by atoms with van der Waals surface area (Å²) in [6, 6.07) is 10.3. The van der Waals surface area contributed by atoms with Crippen molar-refractivity contribution in [1.82, 2.24) is 9.78 Å². The Balaban J connectivity index is 2.06. The van der Waals surface area contributed by atoms with Gasteiger partial charge in [-0.05, 0) is 56.4 Å². The van der Waals surface area contributed by atoms with Gasteiger partial charge in [-0.2, -0.15) is 5.10 Å². The number of rotatable bonds is 6. The summed E-state index contributed by atoms with van der Waals surface area (Å²) < 4.78 is 2.10. The number of halogens is 2. The summed E-state index contributed by atoms with van der Waals surface area (Å²) in [5, 5.41) is 6.30. The lowest BCUT2D eigenvalue weighted by molar-refractivity contribution is 0.536. The Labute approximate surface area is 134 Å². The minimum Gasteiger partial charge on any atom is -0.270 e. The Hall–Kier alpha value is -0.800. The molecular weight excluding hydrogens is 336 g/mol. The molecule has 1 aromatic heterocycles. The van der Waals surface area contributed by atoms with Gasteiger partial charge in [0.1, 0.15) is 0 Å². The maximum absolute atomic E-state index is 5.93. The van der Waals surface area contributed by atoms with Gasteiger partial charge in [-0.15, -0.1) is 0 Å². The fourth-order valence-corrected chi connectivity index (χ4v) is 3.05. The number of alkyl halides is 1. The van der Waals surface area contributed by atoms with Gasteiger partial charge < -0.3 is 0 Å². The summed E-state index contributed by atoms with van der Waals surface area (Å²) in [6.07, 6.45) is 2.10. The molecular formula is C16H20BrClN2. The van der Waals surface area contributed by atoms with Crippen LogP contribution in [0, 0.1) is 12.8 Å². The molecule has 4 heteroatoms. The minimum atomic E-state index is 0.567. The van der Waals surface area contributed by atoms with Crippen molar-refractivity contribution >= 4 is 27.5 Å². The zero-order valence-corrected chi connectivity index (χ0v) is 14.3. The molecule has 108 valence electrons. The van der Waals surface area contributed by atoms with Crippen LogP contribution in [0.25, 0.3) is 0 Å². The third-order valence-corrected chi connectivity index (χ3v) is 4.61. The average Bonchev–Trinajstić information content (AvgIpc) is 2.80. The SMILES string of the molecule is CCn1nc(C)cc1CC(CBr)Cc1ccc(Cl)cc1. The van der Waals surface area contributed by atoms with E-state index >= 15 is 0 Å². The van der Waals surface area contributed by atoms with E-state index in [0.717, 1.165) is 35.4 Å². The van der Waals surface area contributed by atoms with Crippen LogP contribution < -0.4 is 0 Å². The molecule has 20 heavy (non-hydrogen) atoms. The lowest BCUT2D eigenvalue weighted by Gasteiger charge is -2.15. The van der Waals surface area contributed by atoms with Gasteiger partial charge in [0.2, 0.25) is 0 Å². The van der Waals surface area contributed by atoms with E-state index in [9.17, 15) is 0 Å². The van der Waals surface area contributed by atoms with Crippen LogP contribution in [0.2, 0.25) is 5.02 Å². The smallest absolute Gasteiger partial charge is 0.0596 e. The summed E-state index contributed by atoms with van der Waals surface area (Å²) in [6.45, 7) is 5.12. The van der Waals surface area contributed by atoms with E-state index in [1.54, 1.807) is 0 Å². The van der Waals surface area contributed by atoms with Crippen LogP contribution in [0.5, 0.6) is 0 Å². The topological polar surface area (TPSA) is 17.8 Å². The Bertz CT molecular complexity index is 548. The molecule has 2 rings (SSSR count). The normalized spacial score (nSPS) is 12.6. The highest BCUT2D eigenvalue weighted by Gasteiger charge is 2.13. The van der Waals surface area contributed by atoms with Gasteiger partial charge in [0.05, 0.1) is 5.69 Å². The van der Waals surface area contributed by atoms with Crippen LogP contribution in [0.15, 0.2) is 30.3 Å². The van der Waals surface area contributed by atoms with E-state index in [0.29, 0.717) is 5.92 Å². The molecule has 0 saturated heterocycles. The van der Waals surface area contributed by atoms with Crippen molar-refractivity contribution in [3.63, 3.8) is 0 Å². The van der Waals surface area contributed by atoms with Crippen LogP contribution >= 0.6 is 27.5 Å². The van der Waals surface area contributed by atoms with E-state index in [4.69, 9.17) is 11.6 Å². The summed E-state index contributed by atoms with van der Waals surface area (Å²) in [7, 11) is 0. The lowest BCUT2D eigenvalue weighted by Crippen LogP contribution is -2.13. The first-order valence-electron chi connectivity index (χ1n) is 6.96. The van der Waals surface area contributed by atoms with Gasteiger partial charge in [-0.25, -0.2) is 0 Å². The Morgan fingerprint density at radius 1 is 1.25 bits per heavy atom. The molecule has 1 aromatic carbocycles. The van der Waals surface area contributed by atoms with E-state index in [1.807, 2.05) is 12.1 Å². The predicted octanol–water partition coefficient (Wildman–Crippen LogP) is 4.66. The van der Waals surface area contributed by atoms with E-state index in [2.05, 4.69) is 57.8 Å². The average molecular weight is 356 g/mol. The number of hydrogen-bond donors (Lipinski definition) is 0. The van der Waals surface area contributed by atoms with Crippen molar-refractivity contribution in [2.75, 3.05) is 5.33 Å². The fraction of sp³-hybridized carbons (Fsp3) is 0.438. The van der Waals surface area contributed by atoms with Crippen LogP contribution in [-0.4, -0.2) is 15.1 Å². The quantitative estimate of drug-likeness (QED) is 0.689. The highest BCUT2D eigenvalue weighted by molar-refractivity contribution is 9.09. The van der Waals surface area contributed by atoms with Crippen molar-refractivity contribution < 1.29 is 0 Å². The summed E-state index contributed by atoms with van der Waals surface area (Å²) >= 11 is 9.58. The second kappa shape index (κ2) is 7.28. The van der Waals surface area contributed by atoms with Crippen LogP contribution in [0.3, 0.4) is 0 Å². The van der Waals surface area contributed by atoms with E-state index < -0.39 is 0 Å². The lowest BCUT2D eigenvalue weighted by atomic mass is 9.96. The minimum absolute atomic E-state index is 0.567. The van der Waals surface area contributed by atoms with Crippen molar-refractivity contribution in [3.05, 3.63) is 52.3 Å². The maximum atomic E-state index is 5.93. The first-order chi connectivity index (χ1) is 9.62. The maximum Gasteiger partial charge on any atom is 0.0596 e. The molecule has 0 radical (unpaired) electrons. The third-order valence-electron chi connectivity index (χ3n) is 3.44. The second-order valence-corrected chi connectivity index (χ2v) is 6.23. The van der Waals surface area contributed by atoms with E-state index in [-0.39, 0.29) is 0 Å². The third kappa shape index (κ3) is 4.10. The summed E-state index contributed by atoms with van der Waals surface area (Å²) in [5.74, 6) is 0.567. The van der Waals surface area contributed by atoms with Gasteiger partial charge in [0, 0.05) is 22.6 Å². The van der Waals surface area contributed by atoms with Gasteiger partial charge in [0.15, 0.2) is 0 Å². The number of aromatic nitrogens is 2. The molecule has 0 aliphatic rings. The number of aryl methyl sites for hydroxylation is 2. The molecule has 0 fully saturated rings. The molecule has 0 spiro atoms. The largest absolute Gasteiger partial charge is 0.270 e. The van der Waals surface area contributed by atoms with Crippen molar-refractivity contribution in [1.29, 1.82) is 0 Å². The van der Waals surface area contributed by atoms with Gasteiger partial charge >= 0.3 is 0 Å². The Kier molecular flexibility index (Phi) is 5.67. The standard InChI is InChI=1S/C16H20BrClN2/c1-3-20-16(8-12(2)19-20)10-14(11-17)9-13-4-6-15(18)7-5-13/h4-8,14H,3,9-11H2,1-2H3. The van der Waals surface area contributed by atoms with Crippen molar-refractivity contribution in [2.24, 2.45) is 5.92 Å². The zero-order valence-electron chi connectivity index (χ0n) is 11.9. The van der Waals surface area contributed by atoms with Gasteiger partial charge in [-0.3, -0.25) is 4.68 Å². The first kappa shape index (κ1) is 15.6.